The van der Waals surface area contributed by atoms with E-state index in [2.05, 4.69) is 0 Å². The number of carbonyl (C=O) groups is 1. The van der Waals surface area contributed by atoms with Crippen molar-refractivity contribution in [2.75, 3.05) is 6.61 Å². The van der Waals surface area contributed by atoms with Gasteiger partial charge in [0.15, 0.2) is 0 Å². The average Bonchev–Trinajstić information content (AvgIpc) is 2.38. The van der Waals surface area contributed by atoms with Gasteiger partial charge in [0, 0.05) is 0 Å². The number of hydrogen-bond acceptors (Lipinski definition) is 2. The first-order chi connectivity index (χ1) is 9.08. The van der Waals surface area contributed by atoms with Gasteiger partial charge < -0.3 is 9.84 Å². The molecule has 0 unspecified atom stereocenters. The average molecular weight is 262 g/mol. The lowest BCUT2D eigenvalue weighted by Gasteiger charge is -2.23. The van der Waals surface area contributed by atoms with Gasteiger partial charge in [-0.2, -0.15) is 0 Å². The van der Waals surface area contributed by atoms with Crippen LogP contribution in [0.4, 0.5) is 0 Å². The largest absolute Gasteiger partial charge is 0.493 e. The SMILES string of the molecule is Cc1cc(C(=O)O)cc(C)c1OCC1CCCCC1. The van der Waals surface area contributed by atoms with Crippen molar-refractivity contribution in [2.24, 2.45) is 5.92 Å². The van der Waals surface area contributed by atoms with Gasteiger partial charge >= 0.3 is 5.97 Å². The van der Waals surface area contributed by atoms with E-state index < -0.39 is 5.97 Å². The quantitative estimate of drug-likeness (QED) is 0.893. The van der Waals surface area contributed by atoms with Crippen LogP contribution in [-0.4, -0.2) is 17.7 Å². The van der Waals surface area contributed by atoms with Crippen LogP contribution in [0.1, 0.15) is 53.6 Å². The standard InChI is InChI=1S/C16H22O3/c1-11-8-14(16(17)18)9-12(2)15(11)19-10-13-6-4-3-5-7-13/h8-9,13H,3-7,10H2,1-2H3,(H,17,18). The van der Waals surface area contributed by atoms with E-state index in [1.54, 1.807) is 12.1 Å². The first-order valence-electron chi connectivity index (χ1n) is 7.05. The number of carboxylic acids is 1. The Labute approximate surface area is 114 Å². The number of aryl methyl sites for hydroxylation is 2. The van der Waals surface area contributed by atoms with Crippen LogP contribution in [0.2, 0.25) is 0 Å². The molecule has 0 saturated heterocycles. The summed E-state index contributed by atoms with van der Waals surface area (Å²) in [7, 11) is 0. The fraction of sp³-hybridized carbons (Fsp3) is 0.562. The van der Waals surface area contributed by atoms with E-state index in [-0.39, 0.29) is 0 Å². The molecule has 1 N–H and O–H groups in total. The number of rotatable bonds is 4. The number of benzene rings is 1. The van der Waals surface area contributed by atoms with Gasteiger partial charge in [-0.1, -0.05) is 19.3 Å². The third kappa shape index (κ3) is 3.49. The molecule has 0 spiro atoms. The minimum Gasteiger partial charge on any atom is -0.493 e. The first kappa shape index (κ1) is 13.9. The second-order valence-corrected chi connectivity index (χ2v) is 5.56. The van der Waals surface area contributed by atoms with Crippen molar-refractivity contribution in [2.45, 2.75) is 46.0 Å². The normalized spacial score (nSPS) is 16.3. The fourth-order valence-electron chi connectivity index (χ4n) is 2.86. The van der Waals surface area contributed by atoms with Gasteiger partial charge in [0.1, 0.15) is 5.75 Å². The summed E-state index contributed by atoms with van der Waals surface area (Å²) in [6, 6.07) is 3.37. The highest BCUT2D eigenvalue weighted by molar-refractivity contribution is 5.88. The summed E-state index contributed by atoms with van der Waals surface area (Å²) in [6.45, 7) is 4.58. The molecule has 1 saturated carbocycles. The molecule has 1 aromatic carbocycles. The topological polar surface area (TPSA) is 46.5 Å². The number of carboxylic acid groups (broad SMARTS) is 1. The molecule has 19 heavy (non-hydrogen) atoms. The van der Waals surface area contributed by atoms with Crippen molar-refractivity contribution in [3.05, 3.63) is 28.8 Å². The summed E-state index contributed by atoms with van der Waals surface area (Å²) in [6.07, 6.45) is 6.48. The van der Waals surface area contributed by atoms with Crippen molar-refractivity contribution in [1.82, 2.24) is 0 Å². The Hall–Kier alpha value is -1.51. The van der Waals surface area contributed by atoms with Gasteiger partial charge in [-0.25, -0.2) is 4.79 Å². The van der Waals surface area contributed by atoms with Gasteiger partial charge in [0.2, 0.25) is 0 Å². The Bertz CT molecular complexity index is 436. The summed E-state index contributed by atoms with van der Waals surface area (Å²) in [5.41, 5.74) is 2.15. The summed E-state index contributed by atoms with van der Waals surface area (Å²) in [5.74, 6) is 0.632. The molecule has 0 amide bonds. The van der Waals surface area contributed by atoms with Gasteiger partial charge in [-0.05, 0) is 55.9 Å². The van der Waals surface area contributed by atoms with Crippen molar-refractivity contribution in [1.29, 1.82) is 0 Å². The molecule has 0 aliphatic heterocycles. The van der Waals surface area contributed by atoms with Gasteiger partial charge in [-0.15, -0.1) is 0 Å². The fourth-order valence-corrected chi connectivity index (χ4v) is 2.86. The second kappa shape index (κ2) is 6.09. The molecule has 3 heteroatoms. The summed E-state index contributed by atoms with van der Waals surface area (Å²) in [4.78, 5) is 11.0. The Balaban J connectivity index is 2.05. The van der Waals surface area contributed by atoms with Crippen LogP contribution in [0.3, 0.4) is 0 Å². The predicted octanol–water partition coefficient (Wildman–Crippen LogP) is 3.96. The number of aromatic carboxylic acids is 1. The minimum absolute atomic E-state index is 0.333. The second-order valence-electron chi connectivity index (χ2n) is 5.56. The van der Waals surface area contributed by atoms with Crippen molar-refractivity contribution >= 4 is 5.97 Å². The first-order valence-corrected chi connectivity index (χ1v) is 7.05. The summed E-state index contributed by atoms with van der Waals surface area (Å²) < 4.78 is 5.95. The van der Waals surface area contributed by atoms with Crippen LogP contribution in [0.25, 0.3) is 0 Å². The highest BCUT2D eigenvalue weighted by Gasteiger charge is 2.16. The van der Waals surface area contributed by atoms with E-state index in [9.17, 15) is 4.79 Å². The lowest BCUT2D eigenvalue weighted by atomic mass is 9.90. The molecule has 1 fully saturated rings. The zero-order valence-electron chi connectivity index (χ0n) is 11.7. The summed E-state index contributed by atoms with van der Waals surface area (Å²) >= 11 is 0. The lowest BCUT2D eigenvalue weighted by Crippen LogP contribution is -2.16. The Morgan fingerprint density at radius 3 is 2.32 bits per heavy atom. The van der Waals surface area contributed by atoms with Crippen LogP contribution in [0, 0.1) is 19.8 Å². The van der Waals surface area contributed by atoms with Crippen LogP contribution < -0.4 is 4.74 Å². The van der Waals surface area contributed by atoms with Gasteiger partial charge in [0.25, 0.3) is 0 Å². The maximum Gasteiger partial charge on any atom is 0.335 e. The lowest BCUT2D eigenvalue weighted by molar-refractivity contribution is 0.0696. The van der Waals surface area contributed by atoms with Crippen molar-refractivity contribution < 1.29 is 14.6 Å². The molecule has 0 radical (unpaired) electrons. The van der Waals surface area contributed by atoms with E-state index in [0.29, 0.717) is 11.5 Å². The maximum atomic E-state index is 11.0. The molecular weight excluding hydrogens is 240 g/mol. The number of hydrogen-bond donors (Lipinski definition) is 1. The molecule has 1 aliphatic carbocycles. The highest BCUT2D eigenvalue weighted by Crippen LogP contribution is 2.28. The third-order valence-corrected chi connectivity index (χ3v) is 3.90. The van der Waals surface area contributed by atoms with Crippen molar-refractivity contribution in [3.63, 3.8) is 0 Å². The highest BCUT2D eigenvalue weighted by atomic mass is 16.5. The van der Waals surface area contributed by atoms with Crippen LogP contribution >= 0.6 is 0 Å². The summed E-state index contributed by atoms with van der Waals surface area (Å²) in [5, 5.41) is 9.02. The molecular formula is C16H22O3. The molecule has 0 aromatic heterocycles. The van der Waals surface area contributed by atoms with Crippen LogP contribution in [0.5, 0.6) is 5.75 Å². The van der Waals surface area contributed by atoms with E-state index in [4.69, 9.17) is 9.84 Å². The van der Waals surface area contributed by atoms with E-state index in [1.165, 1.54) is 32.1 Å². The molecule has 0 atom stereocenters. The zero-order chi connectivity index (χ0) is 13.8. The molecule has 1 aromatic rings. The molecule has 0 heterocycles. The van der Waals surface area contributed by atoms with E-state index in [0.717, 1.165) is 23.5 Å². The van der Waals surface area contributed by atoms with Crippen molar-refractivity contribution in [3.8, 4) is 5.75 Å². The Kier molecular flexibility index (Phi) is 4.46. The molecule has 1 aliphatic rings. The monoisotopic (exact) mass is 262 g/mol. The Morgan fingerprint density at radius 2 is 1.79 bits per heavy atom. The third-order valence-electron chi connectivity index (χ3n) is 3.90. The molecule has 3 nitrogen and oxygen atoms in total. The van der Waals surface area contributed by atoms with Gasteiger partial charge in [0.05, 0.1) is 12.2 Å². The zero-order valence-corrected chi connectivity index (χ0v) is 11.7. The predicted molar refractivity (Wildman–Crippen MR) is 74.9 cm³/mol. The van der Waals surface area contributed by atoms with E-state index >= 15 is 0 Å². The smallest absolute Gasteiger partial charge is 0.335 e. The van der Waals surface area contributed by atoms with Crippen LogP contribution in [0.15, 0.2) is 12.1 Å². The maximum absolute atomic E-state index is 11.0. The number of ether oxygens (including phenoxy) is 1. The van der Waals surface area contributed by atoms with Crippen LogP contribution in [-0.2, 0) is 0 Å². The van der Waals surface area contributed by atoms with E-state index in [1.807, 2.05) is 13.8 Å². The molecule has 2 rings (SSSR count). The van der Waals surface area contributed by atoms with Gasteiger partial charge in [-0.3, -0.25) is 0 Å². The minimum atomic E-state index is -0.884. The molecule has 0 bridgehead atoms. The Morgan fingerprint density at radius 1 is 1.21 bits per heavy atom. The molecule has 104 valence electrons.